The minimum atomic E-state index is -0.210. The van der Waals surface area contributed by atoms with Crippen LogP contribution in [-0.2, 0) is 11.2 Å². The lowest BCUT2D eigenvalue weighted by atomic mass is 10.1. The van der Waals surface area contributed by atoms with E-state index in [1.165, 1.54) is 12.1 Å². The SMILES string of the molecule is CCNC(=NCCC(CC)N1CCCC1=O)NCCc1ccc(F)cc1. The summed E-state index contributed by atoms with van der Waals surface area (Å²) in [6.07, 6.45) is 4.33. The molecule has 1 aromatic carbocycles. The average Bonchev–Trinajstić information content (AvgIpc) is 3.06. The van der Waals surface area contributed by atoms with Gasteiger partial charge in [-0.15, -0.1) is 0 Å². The van der Waals surface area contributed by atoms with Crippen LogP contribution in [0, 0.1) is 5.82 Å². The molecule has 1 amide bonds. The van der Waals surface area contributed by atoms with Crippen LogP contribution in [0.4, 0.5) is 4.39 Å². The molecule has 1 unspecified atom stereocenters. The summed E-state index contributed by atoms with van der Waals surface area (Å²) in [6.45, 7) is 7.27. The predicted molar refractivity (Wildman–Crippen MR) is 104 cm³/mol. The van der Waals surface area contributed by atoms with E-state index in [-0.39, 0.29) is 17.8 Å². The van der Waals surface area contributed by atoms with Gasteiger partial charge in [-0.3, -0.25) is 9.79 Å². The van der Waals surface area contributed by atoms with Crippen LogP contribution in [0.15, 0.2) is 29.3 Å². The maximum Gasteiger partial charge on any atom is 0.222 e. The number of halogens is 1. The number of nitrogens with zero attached hydrogens (tertiary/aromatic N) is 2. The number of amides is 1. The van der Waals surface area contributed by atoms with Crippen molar-refractivity contribution in [3.63, 3.8) is 0 Å². The van der Waals surface area contributed by atoms with E-state index in [9.17, 15) is 9.18 Å². The zero-order valence-corrected chi connectivity index (χ0v) is 15.9. The lowest BCUT2D eigenvalue weighted by molar-refractivity contribution is -0.129. The number of hydrogen-bond donors (Lipinski definition) is 2. The summed E-state index contributed by atoms with van der Waals surface area (Å²) >= 11 is 0. The molecular weight excluding hydrogens is 331 g/mol. The molecule has 0 aromatic heterocycles. The highest BCUT2D eigenvalue weighted by Crippen LogP contribution is 2.18. The fourth-order valence-electron chi connectivity index (χ4n) is 3.28. The smallest absolute Gasteiger partial charge is 0.222 e. The van der Waals surface area contributed by atoms with Crippen molar-refractivity contribution in [1.29, 1.82) is 0 Å². The third-order valence-electron chi connectivity index (χ3n) is 4.72. The Labute approximate surface area is 156 Å². The predicted octanol–water partition coefficient (Wildman–Crippen LogP) is 2.71. The Morgan fingerprint density at radius 2 is 2.04 bits per heavy atom. The van der Waals surface area contributed by atoms with Crippen LogP contribution in [0.2, 0.25) is 0 Å². The number of likely N-dealkylation sites (tertiary alicyclic amines) is 1. The topological polar surface area (TPSA) is 56.7 Å². The van der Waals surface area contributed by atoms with Crippen molar-refractivity contribution in [3.8, 4) is 0 Å². The molecule has 0 spiro atoms. The van der Waals surface area contributed by atoms with Crippen LogP contribution in [0.1, 0.15) is 45.1 Å². The van der Waals surface area contributed by atoms with E-state index in [4.69, 9.17) is 0 Å². The Hall–Kier alpha value is -2.11. The van der Waals surface area contributed by atoms with Crippen molar-refractivity contribution in [2.45, 2.75) is 52.0 Å². The van der Waals surface area contributed by atoms with Crippen molar-refractivity contribution in [2.24, 2.45) is 4.99 Å². The average molecular weight is 362 g/mol. The van der Waals surface area contributed by atoms with Crippen LogP contribution < -0.4 is 10.6 Å². The molecule has 0 bridgehead atoms. The monoisotopic (exact) mass is 362 g/mol. The molecule has 1 atom stereocenters. The van der Waals surface area contributed by atoms with Crippen molar-refractivity contribution in [1.82, 2.24) is 15.5 Å². The van der Waals surface area contributed by atoms with Gasteiger partial charge in [-0.2, -0.15) is 0 Å². The zero-order chi connectivity index (χ0) is 18.8. The second-order valence-electron chi connectivity index (χ2n) is 6.61. The zero-order valence-electron chi connectivity index (χ0n) is 15.9. The van der Waals surface area contributed by atoms with Gasteiger partial charge in [-0.25, -0.2) is 4.39 Å². The summed E-state index contributed by atoms with van der Waals surface area (Å²) in [6, 6.07) is 6.87. The third kappa shape index (κ3) is 6.32. The molecule has 0 aliphatic carbocycles. The Morgan fingerprint density at radius 3 is 2.65 bits per heavy atom. The molecule has 26 heavy (non-hydrogen) atoms. The van der Waals surface area contributed by atoms with Gasteiger partial charge >= 0.3 is 0 Å². The minimum absolute atomic E-state index is 0.210. The molecule has 1 fully saturated rings. The molecule has 2 N–H and O–H groups in total. The standard InChI is InChI=1S/C20H31FN4O/c1-3-18(25-15-5-6-19(25)26)12-14-24-20(22-4-2)23-13-11-16-7-9-17(21)10-8-16/h7-10,18H,3-6,11-15H2,1-2H3,(H2,22,23,24). The first-order chi connectivity index (χ1) is 12.6. The van der Waals surface area contributed by atoms with E-state index < -0.39 is 0 Å². The Bertz CT molecular complexity index is 588. The van der Waals surface area contributed by atoms with Gasteiger partial charge in [0, 0.05) is 38.6 Å². The molecule has 1 aliphatic rings. The Morgan fingerprint density at radius 1 is 1.27 bits per heavy atom. The fraction of sp³-hybridized carbons (Fsp3) is 0.600. The number of hydrogen-bond acceptors (Lipinski definition) is 2. The van der Waals surface area contributed by atoms with Crippen LogP contribution in [0.5, 0.6) is 0 Å². The molecule has 1 aromatic rings. The number of carbonyl (C=O) groups is 1. The van der Waals surface area contributed by atoms with Gasteiger partial charge < -0.3 is 15.5 Å². The molecule has 6 heteroatoms. The van der Waals surface area contributed by atoms with Gasteiger partial charge in [0.15, 0.2) is 5.96 Å². The van der Waals surface area contributed by atoms with E-state index >= 15 is 0 Å². The number of aliphatic imine (C=N–C) groups is 1. The second kappa shape index (κ2) is 10.8. The van der Waals surface area contributed by atoms with Gasteiger partial charge in [0.25, 0.3) is 0 Å². The molecule has 1 aliphatic heterocycles. The van der Waals surface area contributed by atoms with Crippen molar-refractivity contribution in [3.05, 3.63) is 35.6 Å². The maximum atomic E-state index is 12.9. The first-order valence-corrected chi connectivity index (χ1v) is 9.70. The molecule has 1 heterocycles. The summed E-state index contributed by atoms with van der Waals surface area (Å²) < 4.78 is 12.9. The van der Waals surface area contributed by atoms with Crippen LogP contribution in [0.25, 0.3) is 0 Å². The number of carbonyl (C=O) groups excluding carboxylic acids is 1. The van der Waals surface area contributed by atoms with E-state index in [0.29, 0.717) is 13.0 Å². The highest BCUT2D eigenvalue weighted by Gasteiger charge is 2.26. The lowest BCUT2D eigenvalue weighted by Gasteiger charge is -2.26. The summed E-state index contributed by atoms with van der Waals surface area (Å²) in [5.41, 5.74) is 1.09. The summed E-state index contributed by atoms with van der Waals surface area (Å²) in [5.74, 6) is 0.862. The molecule has 144 valence electrons. The molecular formula is C20H31FN4O. The molecule has 5 nitrogen and oxygen atoms in total. The van der Waals surface area contributed by atoms with Crippen molar-refractivity contribution in [2.75, 3.05) is 26.2 Å². The van der Waals surface area contributed by atoms with Gasteiger partial charge in [0.05, 0.1) is 0 Å². The minimum Gasteiger partial charge on any atom is -0.357 e. The Balaban J connectivity index is 1.79. The highest BCUT2D eigenvalue weighted by molar-refractivity contribution is 5.80. The van der Waals surface area contributed by atoms with E-state index in [0.717, 1.165) is 56.8 Å². The number of benzene rings is 1. The van der Waals surface area contributed by atoms with Gasteiger partial charge in [-0.05, 0) is 50.3 Å². The maximum absolute atomic E-state index is 12.9. The largest absolute Gasteiger partial charge is 0.357 e. The quantitative estimate of drug-likeness (QED) is 0.525. The number of rotatable bonds is 9. The van der Waals surface area contributed by atoms with Crippen molar-refractivity contribution < 1.29 is 9.18 Å². The third-order valence-corrected chi connectivity index (χ3v) is 4.72. The summed E-state index contributed by atoms with van der Waals surface area (Å²) in [4.78, 5) is 18.6. The van der Waals surface area contributed by atoms with Crippen LogP contribution in [-0.4, -0.2) is 49.0 Å². The van der Waals surface area contributed by atoms with Crippen LogP contribution in [0.3, 0.4) is 0 Å². The van der Waals surface area contributed by atoms with Gasteiger partial charge in [0.1, 0.15) is 5.82 Å². The lowest BCUT2D eigenvalue weighted by Crippen LogP contribution is -2.39. The summed E-state index contributed by atoms with van der Waals surface area (Å²) in [5, 5.41) is 6.56. The first-order valence-electron chi connectivity index (χ1n) is 9.70. The van der Waals surface area contributed by atoms with E-state index in [1.807, 2.05) is 11.8 Å². The molecule has 2 rings (SSSR count). The van der Waals surface area contributed by atoms with E-state index in [2.05, 4.69) is 22.5 Å². The Kier molecular flexibility index (Phi) is 8.38. The van der Waals surface area contributed by atoms with Crippen molar-refractivity contribution >= 4 is 11.9 Å². The molecule has 1 saturated heterocycles. The van der Waals surface area contributed by atoms with Gasteiger partial charge in [-0.1, -0.05) is 19.1 Å². The van der Waals surface area contributed by atoms with Gasteiger partial charge in [0.2, 0.25) is 5.91 Å². The van der Waals surface area contributed by atoms with E-state index in [1.54, 1.807) is 12.1 Å². The fourth-order valence-corrected chi connectivity index (χ4v) is 3.28. The normalized spacial score (nSPS) is 16.0. The number of guanidine groups is 1. The first kappa shape index (κ1) is 20.2. The molecule has 0 saturated carbocycles. The second-order valence-corrected chi connectivity index (χ2v) is 6.61. The summed E-state index contributed by atoms with van der Waals surface area (Å²) in [7, 11) is 0. The highest BCUT2D eigenvalue weighted by atomic mass is 19.1. The van der Waals surface area contributed by atoms with Crippen LogP contribution >= 0.6 is 0 Å². The number of nitrogens with one attached hydrogen (secondary N) is 2. The molecule has 0 radical (unpaired) electrons.